The monoisotopic (exact) mass is 216 g/mol. The lowest BCUT2D eigenvalue weighted by molar-refractivity contribution is 0.737. The Balaban J connectivity index is 1.99. The number of nitrogens with zero attached hydrogens (tertiary/aromatic N) is 3. The van der Waals surface area contributed by atoms with Crippen molar-refractivity contribution in [2.24, 2.45) is 5.73 Å². The molecule has 4 heteroatoms. The molecule has 1 atom stereocenters. The molecule has 0 aliphatic heterocycles. The Kier molecular flexibility index (Phi) is 2.17. The van der Waals surface area contributed by atoms with Gasteiger partial charge in [-0.1, -0.05) is 0 Å². The molecule has 1 saturated carbocycles. The largest absolute Gasteiger partial charge is 0.328 e. The molecule has 0 saturated heterocycles. The molecule has 1 aliphatic carbocycles. The van der Waals surface area contributed by atoms with Gasteiger partial charge in [0, 0.05) is 18.2 Å². The Hall–Kier alpha value is -1.42. The van der Waals surface area contributed by atoms with E-state index < -0.39 is 0 Å². The molecular formula is C12H16N4. The number of nitrogens with two attached hydrogens (primary N) is 1. The Morgan fingerprint density at radius 1 is 1.50 bits per heavy atom. The van der Waals surface area contributed by atoms with Gasteiger partial charge < -0.3 is 5.73 Å². The van der Waals surface area contributed by atoms with Crippen LogP contribution in [-0.4, -0.2) is 20.6 Å². The summed E-state index contributed by atoms with van der Waals surface area (Å²) >= 11 is 0. The maximum absolute atomic E-state index is 5.79. The molecule has 2 aromatic heterocycles. The number of hydrogen-bond donors (Lipinski definition) is 1. The molecule has 1 aliphatic rings. The second kappa shape index (κ2) is 3.56. The Morgan fingerprint density at radius 3 is 3.00 bits per heavy atom. The first kappa shape index (κ1) is 9.78. The van der Waals surface area contributed by atoms with Gasteiger partial charge in [-0.2, -0.15) is 0 Å². The summed E-state index contributed by atoms with van der Waals surface area (Å²) in [7, 11) is 0. The Morgan fingerprint density at radius 2 is 2.31 bits per heavy atom. The van der Waals surface area contributed by atoms with Crippen LogP contribution in [0.2, 0.25) is 0 Å². The standard InChI is InChI=1S/C12H16N4/c1-8(13)6-9-4-5-16-11(7-9)14-15-12(16)10-2-3-10/h4-5,7-8,10H,2-3,6,13H2,1H3. The van der Waals surface area contributed by atoms with Crippen LogP contribution in [0.3, 0.4) is 0 Å². The van der Waals surface area contributed by atoms with E-state index in [-0.39, 0.29) is 6.04 Å². The van der Waals surface area contributed by atoms with Crippen molar-refractivity contribution in [3.05, 3.63) is 29.7 Å². The second-order valence-corrected chi connectivity index (χ2v) is 4.78. The first-order chi connectivity index (χ1) is 7.74. The van der Waals surface area contributed by atoms with Gasteiger partial charge in [-0.3, -0.25) is 4.40 Å². The molecule has 2 N–H and O–H groups in total. The smallest absolute Gasteiger partial charge is 0.161 e. The molecule has 4 nitrogen and oxygen atoms in total. The molecule has 3 rings (SSSR count). The third-order valence-corrected chi connectivity index (χ3v) is 3.00. The predicted molar refractivity (Wildman–Crippen MR) is 62.3 cm³/mol. The molecule has 0 amide bonds. The highest BCUT2D eigenvalue weighted by molar-refractivity contribution is 5.42. The third-order valence-electron chi connectivity index (χ3n) is 3.00. The number of rotatable bonds is 3. The van der Waals surface area contributed by atoms with Crippen molar-refractivity contribution in [3.63, 3.8) is 0 Å². The number of fused-ring (bicyclic) bond motifs is 1. The van der Waals surface area contributed by atoms with Crippen molar-refractivity contribution in [2.75, 3.05) is 0 Å². The second-order valence-electron chi connectivity index (χ2n) is 4.78. The van der Waals surface area contributed by atoms with Crippen LogP contribution in [0.25, 0.3) is 5.65 Å². The topological polar surface area (TPSA) is 56.2 Å². The van der Waals surface area contributed by atoms with E-state index >= 15 is 0 Å². The Labute approximate surface area is 94.5 Å². The van der Waals surface area contributed by atoms with Crippen LogP contribution in [0.15, 0.2) is 18.3 Å². The van der Waals surface area contributed by atoms with Crippen molar-refractivity contribution in [3.8, 4) is 0 Å². The van der Waals surface area contributed by atoms with Crippen LogP contribution in [-0.2, 0) is 6.42 Å². The molecule has 0 bridgehead atoms. The van der Waals surface area contributed by atoms with E-state index in [2.05, 4.69) is 32.9 Å². The van der Waals surface area contributed by atoms with Gasteiger partial charge in [-0.05, 0) is 43.9 Å². The summed E-state index contributed by atoms with van der Waals surface area (Å²) in [6.07, 6.45) is 5.47. The van der Waals surface area contributed by atoms with E-state index in [9.17, 15) is 0 Å². The summed E-state index contributed by atoms with van der Waals surface area (Å²) in [6.45, 7) is 2.02. The van der Waals surface area contributed by atoms with Gasteiger partial charge in [0.15, 0.2) is 5.65 Å². The van der Waals surface area contributed by atoms with Crippen LogP contribution >= 0.6 is 0 Å². The zero-order valence-corrected chi connectivity index (χ0v) is 9.43. The molecule has 0 radical (unpaired) electrons. The maximum atomic E-state index is 5.79. The van der Waals surface area contributed by atoms with Crippen molar-refractivity contribution < 1.29 is 0 Å². The fourth-order valence-corrected chi connectivity index (χ4v) is 2.07. The van der Waals surface area contributed by atoms with Crippen molar-refractivity contribution in [1.29, 1.82) is 0 Å². The molecule has 1 unspecified atom stereocenters. The van der Waals surface area contributed by atoms with Gasteiger partial charge in [0.05, 0.1) is 0 Å². The maximum Gasteiger partial charge on any atom is 0.161 e. The van der Waals surface area contributed by atoms with E-state index in [1.54, 1.807) is 0 Å². The normalized spacial score (nSPS) is 17.9. The zero-order chi connectivity index (χ0) is 11.1. The van der Waals surface area contributed by atoms with E-state index in [1.807, 2.05) is 6.92 Å². The molecule has 16 heavy (non-hydrogen) atoms. The highest BCUT2D eigenvalue weighted by Crippen LogP contribution is 2.38. The Bertz CT molecular complexity index is 511. The van der Waals surface area contributed by atoms with Crippen LogP contribution in [0.4, 0.5) is 0 Å². The first-order valence-electron chi connectivity index (χ1n) is 5.83. The molecule has 0 aromatic carbocycles. The van der Waals surface area contributed by atoms with Crippen LogP contribution < -0.4 is 5.73 Å². The minimum atomic E-state index is 0.188. The molecule has 2 aromatic rings. The van der Waals surface area contributed by atoms with E-state index in [0.29, 0.717) is 5.92 Å². The fraction of sp³-hybridized carbons (Fsp3) is 0.500. The third kappa shape index (κ3) is 1.69. The number of pyridine rings is 1. The minimum absolute atomic E-state index is 0.188. The predicted octanol–water partition coefficient (Wildman–Crippen LogP) is 1.50. The summed E-state index contributed by atoms with van der Waals surface area (Å²) in [4.78, 5) is 0. The number of aromatic nitrogens is 3. The molecule has 2 heterocycles. The average molecular weight is 216 g/mol. The quantitative estimate of drug-likeness (QED) is 0.845. The summed E-state index contributed by atoms with van der Waals surface area (Å²) < 4.78 is 2.10. The van der Waals surface area contributed by atoms with Gasteiger partial charge in [0.1, 0.15) is 5.82 Å². The van der Waals surface area contributed by atoms with Gasteiger partial charge in [-0.15, -0.1) is 10.2 Å². The van der Waals surface area contributed by atoms with Gasteiger partial charge in [0.2, 0.25) is 0 Å². The molecular weight excluding hydrogens is 200 g/mol. The van der Waals surface area contributed by atoms with Gasteiger partial charge in [0.25, 0.3) is 0 Å². The molecule has 0 spiro atoms. The summed E-state index contributed by atoms with van der Waals surface area (Å²) in [5.74, 6) is 1.75. The summed E-state index contributed by atoms with van der Waals surface area (Å²) in [5, 5.41) is 8.48. The van der Waals surface area contributed by atoms with Crippen LogP contribution in [0.1, 0.15) is 37.1 Å². The highest BCUT2D eigenvalue weighted by atomic mass is 15.2. The van der Waals surface area contributed by atoms with E-state index in [4.69, 9.17) is 5.73 Å². The minimum Gasteiger partial charge on any atom is -0.328 e. The fourth-order valence-electron chi connectivity index (χ4n) is 2.07. The van der Waals surface area contributed by atoms with Crippen molar-refractivity contribution in [1.82, 2.24) is 14.6 Å². The van der Waals surface area contributed by atoms with E-state index in [1.165, 1.54) is 18.4 Å². The highest BCUT2D eigenvalue weighted by Gasteiger charge is 2.28. The van der Waals surface area contributed by atoms with Crippen LogP contribution in [0.5, 0.6) is 0 Å². The molecule has 84 valence electrons. The summed E-state index contributed by atoms with van der Waals surface area (Å²) in [6, 6.07) is 4.39. The zero-order valence-electron chi connectivity index (χ0n) is 9.43. The first-order valence-corrected chi connectivity index (χ1v) is 5.83. The lowest BCUT2D eigenvalue weighted by Crippen LogP contribution is -2.17. The van der Waals surface area contributed by atoms with Gasteiger partial charge >= 0.3 is 0 Å². The SMILES string of the molecule is CC(N)Cc1ccn2c(C3CC3)nnc2c1. The summed E-state index contributed by atoms with van der Waals surface area (Å²) in [5.41, 5.74) is 7.97. The van der Waals surface area contributed by atoms with Crippen molar-refractivity contribution >= 4 is 5.65 Å². The average Bonchev–Trinajstić information content (AvgIpc) is 2.98. The van der Waals surface area contributed by atoms with E-state index in [0.717, 1.165) is 17.9 Å². The van der Waals surface area contributed by atoms with Crippen LogP contribution in [0, 0.1) is 0 Å². The lowest BCUT2D eigenvalue weighted by Gasteiger charge is -2.05. The van der Waals surface area contributed by atoms with Gasteiger partial charge in [-0.25, -0.2) is 0 Å². The number of hydrogen-bond acceptors (Lipinski definition) is 3. The molecule has 1 fully saturated rings. The lowest BCUT2D eigenvalue weighted by atomic mass is 10.1. The van der Waals surface area contributed by atoms with Crippen molar-refractivity contribution in [2.45, 2.75) is 38.1 Å².